The molecule has 0 aliphatic carbocycles. The zero-order chi connectivity index (χ0) is 26.5. The maximum Gasteiger partial charge on any atom is 0.343 e. The molecule has 0 unspecified atom stereocenters. The summed E-state index contributed by atoms with van der Waals surface area (Å²) in [7, 11) is 0. The van der Waals surface area contributed by atoms with Gasteiger partial charge < -0.3 is 9.47 Å². The molecule has 3 aromatic carbocycles. The van der Waals surface area contributed by atoms with Crippen LogP contribution >= 0.6 is 0 Å². The van der Waals surface area contributed by atoms with Crippen molar-refractivity contribution in [2.75, 3.05) is 6.61 Å². The molecule has 37 heavy (non-hydrogen) atoms. The van der Waals surface area contributed by atoms with Crippen LogP contribution in [0.3, 0.4) is 0 Å². The Balaban J connectivity index is 1.55. The van der Waals surface area contributed by atoms with Gasteiger partial charge in [0.25, 0.3) is 0 Å². The summed E-state index contributed by atoms with van der Waals surface area (Å²) in [4.78, 5) is 12.6. The van der Waals surface area contributed by atoms with Gasteiger partial charge in [-0.05, 0) is 72.4 Å². The summed E-state index contributed by atoms with van der Waals surface area (Å²) in [6, 6.07) is 16.2. The molecule has 0 radical (unpaired) electrons. The monoisotopic (exact) mass is 508 g/mol. The molecule has 0 saturated carbocycles. The summed E-state index contributed by atoms with van der Waals surface area (Å²) >= 11 is 0. The van der Waals surface area contributed by atoms with Crippen LogP contribution in [0.2, 0.25) is 0 Å². The van der Waals surface area contributed by atoms with E-state index in [0.717, 1.165) is 56.1 Å². The molecule has 0 amide bonds. The van der Waals surface area contributed by atoms with Gasteiger partial charge >= 0.3 is 5.97 Å². The number of unbranched alkanes of at least 4 members (excludes halogenated alkanes) is 7. The van der Waals surface area contributed by atoms with Crippen LogP contribution in [0.4, 0.5) is 8.78 Å². The second kappa shape index (κ2) is 15.1. The Bertz CT molecular complexity index is 1130. The first-order valence-corrected chi connectivity index (χ1v) is 13.5. The molecule has 3 rings (SSSR count). The van der Waals surface area contributed by atoms with Gasteiger partial charge in [0.1, 0.15) is 0 Å². The van der Waals surface area contributed by atoms with Crippen LogP contribution in [-0.2, 0) is 6.42 Å². The molecule has 0 N–H and O–H groups in total. The molecule has 3 aromatic rings. The molecular weight excluding hydrogens is 470 g/mol. The van der Waals surface area contributed by atoms with Gasteiger partial charge in [0, 0.05) is 0 Å². The number of hydrogen-bond acceptors (Lipinski definition) is 3. The predicted octanol–water partition coefficient (Wildman–Crippen LogP) is 9.32. The molecule has 0 fully saturated rings. The van der Waals surface area contributed by atoms with E-state index in [9.17, 15) is 13.6 Å². The Morgan fingerprint density at radius 2 is 1.30 bits per heavy atom. The lowest BCUT2D eigenvalue weighted by atomic mass is 10.0. The first-order valence-electron chi connectivity index (χ1n) is 13.5. The zero-order valence-corrected chi connectivity index (χ0v) is 22.0. The summed E-state index contributed by atoms with van der Waals surface area (Å²) in [5.74, 6) is -1.45. The van der Waals surface area contributed by atoms with Gasteiger partial charge in [0.05, 0.1) is 12.2 Å². The van der Waals surface area contributed by atoms with Crippen LogP contribution < -0.4 is 9.47 Å². The second-order valence-corrected chi connectivity index (χ2v) is 9.45. The Morgan fingerprint density at radius 1 is 0.676 bits per heavy atom. The molecule has 3 nitrogen and oxygen atoms in total. The smallest absolute Gasteiger partial charge is 0.343 e. The van der Waals surface area contributed by atoms with Crippen LogP contribution in [0, 0.1) is 11.6 Å². The van der Waals surface area contributed by atoms with Crippen molar-refractivity contribution in [3.63, 3.8) is 0 Å². The van der Waals surface area contributed by atoms with Gasteiger partial charge in [0.2, 0.25) is 0 Å². The molecule has 0 heterocycles. The largest absolute Gasteiger partial charge is 0.491 e. The highest BCUT2D eigenvalue weighted by Gasteiger charge is 2.14. The third-order valence-electron chi connectivity index (χ3n) is 6.41. The van der Waals surface area contributed by atoms with E-state index < -0.39 is 17.6 Å². The van der Waals surface area contributed by atoms with E-state index in [0.29, 0.717) is 12.2 Å². The van der Waals surface area contributed by atoms with E-state index in [1.54, 1.807) is 36.4 Å². The molecule has 0 saturated heterocycles. The molecule has 0 atom stereocenters. The van der Waals surface area contributed by atoms with E-state index in [-0.39, 0.29) is 17.1 Å². The number of hydrogen-bond donors (Lipinski definition) is 0. The standard InChI is InChI=1S/C32H38F2O3/c1-3-5-7-9-10-12-24-13-19-31(28(33)22-24)37-32(35)26-16-14-25(15-17-26)27-18-20-30(29(34)23-27)36-21-11-8-6-4-2/h13-20,22-23H,3-12,21H2,1-2H3. The molecule has 0 aromatic heterocycles. The minimum Gasteiger partial charge on any atom is -0.491 e. The first-order chi connectivity index (χ1) is 18.0. The summed E-state index contributed by atoms with van der Waals surface area (Å²) in [6.45, 7) is 4.81. The van der Waals surface area contributed by atoms with Gasteiger partial charge in [-0.1, -0.05) is 83.1 Å². The SMILES string of the molecule is CCCCCCCc1ccc(OC(=O)c2ccc(-c3ccc(OCCCCCC)c(F)c3)cc2)c(F)c1. The van der Waals surface area contributed by atoms with Gasteiger partial charge in [-0.2, -0.15) is 0 Å². The number of rotatable bonds is 15. The predicted molar refractivity (Wildman–Crippen MR) is 145 cm³/mol. The molecular formula is C32H38F2O3. The van der Waals surface area contributed by atoms with Crippen molar-refractivity contribution in [3.05, 3.63) is 83.4 Å². The highest BCUT2D eigenvalue weighted by molar-refractivity contribution is 5.91. The highest BCUT2D eigenvalue weighted by atomic mass is 19.1. The molecule has 0 spiro atoms. The van der Waals surface area contributed by atoms with E-state index in [4.69, 9.17) is 9.47 Å². The van der Waals surface area contributed by atoms with E-state index in [1.807, 2.05) is 6.07 Å². The van der Waals surface area contributed by atoms with Crippen molar-refractivity contribution in [2.24, 2.45) is 0 Å². The minimum absolute atomic E-state index is 0.0869. The van der Waals surface area contributed by atoms with E-state index in [2.05, 4.69) is 13.8 Å². The number of ether oxygens (including phenoxy) is 2. The number of carbonyl (C=O) groups excluding carboxylic acids is 1. The van der Waals surface area contributed by atoms with E-state index >= 15 is 0 Å². The molecule has 0 bridgehead atoms. The fraction of sp³-hybridized carbons (Fsp3) is 0.406. The lowest BCUT2D eigenvalue weighted by Gasteiger charge is -2.10. The lowest BCUT2D eigenvalue weighted by Crippen LogP contribution is -2.09. The fourth-order valence-corrected chi connectivity index (χ4v) is 4.18. The van der Waals surface area contributed by atoms with Gasteiger partial charge in [-0.3, -0.25) is 0 Å². The number of benzene rings is 3. The Labute approximate surface area is 219 Å². The van der Waals surface area contributed by atoms with Crippen molar-refractivity contribution in [3.8, 4) is 22.6 Å². The quantitative estimate of drug-likeness (QED) is 0.117. The number of aryl methyl sites for hydroxylation is 1. The zero-order valence-electron chi connectivity index (χ0n) is 22.0. The third-order valence-corrected chi connectivity index (χ3v) is 6.41. The average Bonchev–Trinajstić information content (AvgIpc) is 2.90. The maximum atomic E-state index is 14.5. The average molecular weight is 509 g/mol. The van der Waals surface area contributed by atoms with Crippen molar-refractivity contribution in [1.82, 2.24) is 0 Å². The number of carbonyl (C=O) groups is 1. The summed E-state index contributed by atoms with van der Waals surface area (Å²) in [6.07, 6.45) is 10.8. The van der Waals surface area contributed by atoms with Crippen molar-refractivity contribution in [1.29, 1.82) is 0 Å². The van der Waals surface area contributed by atoms with E-state index in [1.165, 1.54) is 37.5 Å². The first kappa shape index (κ1) is 28.4. The van der Waals surface area contributed by atoms with Crippen molar-refractivity contribution < 1.29 is 23.0 Å². The Kier molecular flexibility index (Phi) is 11.6. The highest BCUT2D eigenvalue weighted by Crippen LogP contribution is 2.27. The molecule has 5 heteroatoms. The Hall–Kier alpha value is -3.21. The van der Waals surface area contributed by atoms with Crippen LogP contribution in [-0.4, -0.2) is 12.6 Å². The van der Waals surface area contributed by atoms with Crippen LogP contribution in [0.5, 0.6) is 11.5 Å². The van der Waals surface area contributed by atoms with Gasteiger partial charge in [-0.25, -0.2) is 13.6 Å². The summed E-state index contributed by atoms with van der Waals surface area (Å²) in [5.41, 5.74) is 2.61. The minimum atomic E-state index is -0.643. The van der Waals surface area contributed by atoms with Gasteiger partial charge in [-0.15, -0.1) is 0 Å². The number of esters is 1. The van der Waals surface area contributed by atoms with Gasteiger partial charge in [0.15, 0.2) is 23.1 Å². The normalized spacial score (nSPS) is 10.9. The lowest BCUT2D eigenvalue weighted by molar-refractivity contribution is 0.0728. The van der Waals surface area contributed by atoms with Crippen molar-refractivity contribution in [2.45, 2.75) is 78.1 Å². The van der Waals surface area contributed by atoms with Crippen LogP contribution in [0.1, 0.15) is 87.6 Å². The fourth-order valence-electron chi connectivity index (χ4n) is 4.18. The Morgan fingerprint density at radius 3 is 1.97 bits per heavy atom. The third kappa shape index (κ3) is 8.99. The topological polar surface area (TPSA) is 35.5 Å². The molecule has 198 valence electrons. The molecule has 0 aliphatic rings. The van der Waals surface area contributed by atoms with Crippen molar-refractivity contribution >= 4 is 5.97 Å². The van der Waals surface area contributed by atoms with Crippen LogP contribution in [0.15, 0.2) is 60.7 Å². The second-order valence-electron chi connectivity index (χ2n) is 9.45. The molecule has 0 aliphatic heterocycles. The summed E-state index contributed by atoms with van der Waals surface area (Å²) in [5, 5.41) is 0. The number of halogens is 2. The maximum absolute atomic E-state index is 14.5. The van der Waals surface area contributed by atoms with Crippen LogP contribution in [0.25, 0.3) is 11.1 Å². The summed E-state index contributed by atoms with van der Waals surface area (Å²) < 4.78 is 39.9.